The van der Waals surface area contributed by atoms with Crippen molar-refractivity contribution in [3.05, 3.63) is 29.3 Å². The first-order valence-electron chi connectivity index (χ1n) is 4.81. The number of methoxy groups -OCH3 is 2. The Balaban J connectivity index is 2.91. The molecule has 1 aromatic carbocycles. The fourth-order valence-corrected chi connectivity index (χ4v) is 1.46. The molecule has 1 aromatic rings. The SMILES string of the molecule is COCc1ccc(CC(C)=O)cc1OC. The first-order chi connectivity index (χ1) is 7.17. The second-order valence-corrected chi connectivity index (χ2v) is 3.46. The van der Waals surface area contributed by atoms with Crippen LogP contribution in [0.2, 0.25) is 0 Å². The van der Waals surface area contributed by atoms with Crippen molar-refractivity contribution in [2.45, 2.75) is 20.0 Å². The van der Waals surface area contributed by atoms with Crippen molar-refractivity contribution in [3.8, 4) is 5.75 Å². The van der Waals surface area contributed by atoms with E-state index in [1.165, 1.54) is 0 Å². The third kappa shape index (κ3) is 3.36. The molecule has 0 spiro atoms. The maximum Gasteiger partial charge on any atom is 0.134 e. The molecule has 3 heteroatoms. The van der Waals surface area contributed by atoms with Gasteiger partial charge in [0.2, 0.25) is 0 Å². The number of ketones is 1. The van der Waals surface area contributed by atoms with E-state index in [9.17, 15) is 4.79 Å². The average Bonchev–Trinajstić information content (AvgIpc) is 2.20. The summed E-state index contributed by atoms with van der Waals surface area (Å²) in [4.78, 5) is 11.0. The summed E-state index contributed by atoms with van der Waals surface area (Å²) >= 11 is 0. The lowest BCUT2D eigenvalue weighted by molar-refractivity contribution is -0.116. The summed E-state index contributed by atoms with van der Waals surface area (Å²) in [5.41, 5.74) is 1.96. The van der Waals surface area contributed by atoms with Crippen molar-refractivity contribution >= 4 is 5.78 Å². The Morgan fingerprint density at radius 3 is 2.60 bits per heavy atom. The lowest BCUT2D eigenvalue weighted by Gasteiger charge is -2.09. The Hall–Kier alpha value is -1.35. The van der Waals surface area contributed by atoms with Gasteiger partial charge in [-0.15, -0.1) is 0 Å². The van der Waals surface area contributed by atoms with Crippen LogP contribution in [0.5, 0.6) is 5.75 Å². The molecule has 0 radical (unpaired) electrons. The van der Waals surface area contributed by atoms with Gasteiger partial charge >= 0.3 is 0 Å². The van der Waals surface area contributed by atoms with E-state index in [1.807, 2.05) is 18.2 Å². The molecule has 0 fully saturated rings. The largest absolute Gasteiger partial charge is 0.496 e. The zero-order valence-electron chi connectivity index (χ0n) is 9.37. The molecule has 1 rings (SSSR count). The van der Waals surface area contributed by atoms with Gasteiger partial charge in [0, 0.05) is 19.1 Å². The van der Waals surface area contributed by atoms with Crippen LogP contribution in [0.15, 0.2) is 18.2 Å². The predicted molar refractivity (Wildman–Crippen MR) is 58.1 cm³/mol. The standard InChI is InChI=1S/C12H16O3/c1-9(13)6-10-4-5-11(8-14-2)12(7-10)15-3/h4-5,7H,6,8H2,1-3H3. The molecule has 15 heavy (non-hydrogen) atoms. The van der Waals surface area contributed by atoms with Gasteiger partial charge in [-0.05, 0) is 18.6 Å². The summed E-state index contributed by atoms with van der Waals surface area (Å²) in [5, 5.41) is 0. The first-order valence-corrected chi connectivity index (χ1v) is 4.81. The second-order valence-electron chi connectivity index (χ2n) is 3.46. The topological polar surface area (TPSA) is 35.5 Å². The van der Waals surface area contributed by atoms with Crippen LogP contribution in [0.25, 0.3) is 0 Å². The van der Waals surface area contributed by atoms with E-state index in [1.54, 1.807) is 21.1 Å². The molecule has 82 valence electrons. The minimum atomic E-state index is 0.150. The molecule has 0 heterocycles. The lowest BCUT2D eigenvalue weighted by Crippen LogP contribution is -1.99. The zero-order chi connectivity index (χ0) is 11.3. The maximum atomic E-state index is 11.0. The van der Waals surface area contributed by atoms with Gasteiger partial charge in [0.05, 0.1) is 13.7 Å². The van der Waals surface area contributed by atoms with Crippen molar-refractivity contribution in [3.63, 3.8) is 0 Å². The highest BCUT2D eigenvalue weighted by Crippen LogP contribution is 2.21. The number of ether oxygens (including phenoxy) is 2. The van der Waals surface area contributed by atoms with Crippen molar-refractivity contribution in [1.82, 2.24) is 0 Å². The number of hydrogen-bond donors (Lipinski definition) is 0. The van der Waals surface area contributed by atoms with Gasteiger partial charge in [0.25, 0.3) is 0 Å². The quantitative estimate of drug-likeness (QED) is 0.742. The van der Waals surface area contributed by atoms with Gasteiger partial charge in [-0.25, -0.2) is 0 Å². The smallest absolute Gasteiger partial charge is 0.134 e. The first kappa shape index (κ1) is 11.7. The highest BCUT2D eigenvalue weighted by molar-refractivity contribution is 5.78. The normalized spacial score (nSPS) is 10.1. The van der Waals surface area contributed by atoms with Gasteiger partial charge in [-0.3, -0.25) is 4.79 Å². The molecule has 0 aliphatic carbocycles. The summed E-state index contributed by atoms with van der Waals surface area (Å²) in [6.07, 6.45) is 0.448. The molecule has 0 aromatic heterocycles. The van der Waals surface area contributed by atoms with E-state index < -0.39 is 0 Å². The number of rotatable bonds is 5. The fourth-order valence-electron chi connectivity index (χ4n) is 1.46. The molecule has 0 aliphatic rings. The Labute approximate surface area is 90.0 Å². The molecular weight excluding hydrogens is 192 g/mol. The van der Waals surface area contributed by atoms with Crippen LogP contribution in [0.4, 0.5) is 0 Å². The van der Waals surface area contributed by atoms with Crippen LogP contribution in [0.3, 0.4) is 0 Å². The highest BCUT2D eigenvalue weighted by Gasteiger charge is 2.05. The van der Waals surface area contributed by atoms with Crippen LogP contribution < -0.4 is 4.74 Å². The summed E-state index contributed by atoms with van der Waals surface area (Å²) < 4.78 is 10.3. The molecule has 0 saturated heterocycles. The Kier molecular flexibility index (Phi) is 4.31. The molecule has 0 bridgehead atoms. The lowest BCUT2D eigenvalue weighted by atomic mass is 10.1. The zero-order valence-corrected chi connectivity index (χ0v) is 9.37. The number of hydrogen-bond acceptors (Lipinski definition) is 3. The second kappa shape index (κ2) is 5.51. The van der Waals surface area contributed by atoms with Crippen LogP contribution in [-0.2, 0) is 22.6 Å². The minimum Gasteiger partial charge on any atom is -0.496 e. The Morgan fingerprint density at radius 2 is 2.07 bits per heavy atom. The third-order valence-electron chi connectivity index (χ3n) is 2.10. The van der Waals surface area contributed by atoms with Gasteiger partial charge in [0.15, 0.2) is 0 Å². The van der Waals surface area contributed by atoms with Crippen molar-refractivity contribution in [2.75, 3.05) is 14.2 Å². The van der Waals surface area contributed by atoms with E-state index >= 15 is 0 Å². The fraction of sp³-hybridized carbons (Fsp3) is 0.417. The van der Waals surface area contributed by atoms with Crippen LogP contribution >= 0.6 is 0 Å². The molecule has 3 nitrogen and oxygen atoms in total. The predicted octanol–water partition coefficient (Wildman–Crippen LogP) is 1.97. The van der Waals surface area contributed by atoms with Gasteiger partial charge in [-0.2, -0.15) is 0 Å². The molecule has 0 aliphatic heterocycles. The summed E-state index contributed by atoms with van der Waals surface area (Å²) in [7, 11) is 3.26. The van der Waals surface area contributed by atoms with Gasteiger partial charge in [-0.1, -0.05) is 12.1 Å². The van der Waals surface area contributed by atoms with Crippen molar-refractivity contribution in [2.24, 2.45) is 0 Å². The number of carbonyl (C=O) groups is 1. The molecule has 0 amide bonds. The summed E-state index contributed by atoms with van der Waals surface area (Å²) in [5.74, 6) is 0.923. The van der Waals surface area contributed by atoms with Crippen molar-refractivity contribution in [1.29, 1.82) is 0 Å². The van der Waals surface area contributed by atoms with Crippen LogP contribution in [0, 0.1) is 0 Å². The van der Waals surface area contributed by atoms with Crippen LogP contribution in [0.1, 0.15) is 18.1 Å². The van der Waals surface area contributed by atoms with E-state index in [-0.39, 0.29) is 5.78 Å². The van der Waals surface area contributed by atoms with Crippen LogP contribution in [-0.4, -0.2) is 20.0 Å². The number of Topliss-reactive ketones (excluding diaryl/α,β-unsaturated/α-hetero) is 1. The molecule has 0 atom stereocenters. The highest BCUT2D eigenvalue weighted by atomic mass is 16.5. The number of benzene rings is 1. The molecule has 0 N–H and O–H groups in total. The van der Waals surface area contributed by atoms with E-state index in [0.717, 1.165) is 16.9 Å². The average molecular weight is 208 g/mol. The van der Waals surface area contributed by atoms with E-state index in [4.69, 9.17) is 9.47 Å². The number of carbonyl (C=O) groups excluding carboxylic acids is 1. The molecule has 0 saturated carbocycles. The molecule has 0 unspecified atom stereocenters. The summed E-state index contributed by atoms with van der Waals surface area (Å²) in [6, 6.07) is 5.74. The molecular formula is C12H16O3. The van der Waals surface area contributed by atoms with E-state index in [0.29, 0.717) is 13.0 Å². The maximum absolute atomic E-state index is 11.0. The summed E-state index contributed by atoms with van der Waals surface area (Å²) in [6.45, 7) is 2.10. The Bertz CT molecular complexity index is 345. The van der Waals surface area contributed by atoms with Crippen molar-refractivity contribution < 1.29 is 14.3 Å². The van der Waals surface area contributed by atoms with E-state index in [2.05, 4.69) is 0 Å². The third-order valence-corrected chi connectivity index (χ3v) is 2.10. The van der Waals surface area contributed by atoms with Gasteiger partial charge in [0.1, 0.15) is 11.5 Å². The monoisotopic (exact) mass is 208 g/mol. The van der Waals surface area contributed by atoms with Gasteiger partial charge < -0.3 is 9.47 Å². The Morgan fingerprint density at radius 1 is 1.33 bits per heavy atom. The minimum absolute atomic E-state index is 0.150.